The third-order valence-corrected chi connectivity index (χ3v) is 6.57. The predicted octanol–water partition coefficient (Wildman–Crippen LogP) is 3.37. The molecule has 8 nitrogen and oxygen atoms in total. The van der Waals surface area contributed by atoms with Crippen LogP contribution in [-0.2, 0) is 16.0 Å². The number of carbonyl (C=O) groups is 3. The molecule has 200 valence electrons. The molecule has 4 rings (SSSR count). The van der Waals surface area contributed by atoms with E-state index in [4.69, 9.17) is 15.1 Å². The van der Waals surface area contributed by atoms with Gasteiger partial charge in [0.25, 0.3) is 5.91 Å². The molecule has 2 aliphatic rings. The number of carbonyl (C=O) groups excluding carboxylic acids is 2. The third-order valence-electron chi connectivity index (χ3n) is 6.57. The minimum Gasteiger partial charge on any atom is -0.475 e. The van der Waals surface area contributed by atoms with Gasteiger partial charge in [-0.05, 0) is 55.0 Å². The van der Waals surface area contributed by atoms with Gasteiger partial charge in [-0.1, -0.05) is 42.5 Å². The van der Waals surface area contributed by atoms with E-state index in [-0.39, 0.29) is 5.91 Å². The van der Waals surface area contributed by atoms with Gasteiger partial charge in [-0.15, -0.1) is 0 Å². The summed E-state index contributed by atoms with van der Waals surface area (Å²) in [6.07, 6.45) is -1.45. The topological polar surface area (TPSA) is 119 Å². The number of hydrogen-bond donors (Lipinski definition) is 4. The van der Waals surface area contributed by atoms with Gasteiger partial charge in [-0.2, -0.15) is 13.2 Å². The van der Waals surface area contributed by atoms with E-state index in [1.165, 1.54) is 12.0 Å². The van der Waals surface area contributed by atoms with Gasteiger partial charge in [0.1, 0.15) is 0 Å². The summed E-state index contributed by atoms with van der Waals surface area (Å²) in [7, 11) is 0. The number of rotatable bonds is 7. The number of hydroxylamine groups is 1. The monoisotopic (exact) mass is 521 g/mol. The van der Waals surface area contributed by atoms with Crippen LogP contribution < -0.4 is 10.8 Å². The second kappa shape index (κ2) is 12.7. The molecule has 0 bridgehead atoms. The zero-order valence-electron chi connectivity index (χ0n) is 20.1. The van der Waals surface area contributed by atoms with E-state index in [0.717, 1.165) is 38.0 Å². The van der Waals surface area contributed by atoms with Crippen molar-refractivity contribution in [2.24, 2.45) is 5.92 Å². The van der Waals surface area contributed by atoms with Crippen LogP contribution in [0.4, 0.5) is 13.2 Å². The van der Waals surface area contributed by atoms with Crippen LogP contribution in [-0.4, -0.2) is 64.8 Å². The second-order valence-corrected chi connectivity index (χ2v) is 9.21. The number of amides is 2. The molecule has 0 aromatic heterocycles. The van der Waals surface area contributed by atoms with Crippen LogP contribution in [0.1, 0.15) is 46.7 Å². The lowest BCUT2D eigenvalue weighted by Crippen LogP contribution is -2.41. The molecule has 2 atom stereocenters. The number of nitrogens with one attached hydrogen (secondary N) is 2. The average Bonchev–Trinajstić information content (AvgIpc) is 3.68. The summed E-state index contributed by atoms with van der Waals surface area (Å²) in [6.45, 7) is 2.65. The maximum absolute atomic E-state index is 12.6. The van der Waals surface area contributed by atoms with E-state index in [0.29, 0.717) is 29.9 Å². The van der Waals surface area contributed by atoms with Crippen molar-refractivity contribution < 1.29 is 37.9 Å². The van der Waals surface area contributed by atoms with Crippen molar-refractivity contribution in [1.82, 2.24) is 15.7 Å². The number of carboxylic acids is 1. The molecule has 11 heteroatoms. The highest BCUT2D eigenvalue weighted by atomic mass is 19.4. The number of halogens is 3. The Morgan fingerprint density at radius 1 is 0.973 bits per heavy atom. The molecule has 0 radical (unpaired) electrons. The number of likely N-dealkylation sites (tertiary alicyclic amines) is 1. The standard InChI is InChI=1S/C24H29N3O3.C2HF3O2/c28-23(14-17-6-8-20(9-7-17)24(29)26-30)27-12-10-18(11-13-27)16-25-22-15-21(22)19-4-2-1-3-5-19;3-2(4,5)1(6)7/h1-9,18,21-22,25,30H,10-16H2,(H,26,29);(H,6,7)/t21-,22+;/m0./s1. The summed E-state index contributed by atoms with van der Waals surface area (Å²) in [4.78, 5) is 34.8. The second-order valence-electron chi connectivity index (χ2n) is 9.21. The summed E-state index contributed by atoms with van der Waals surface area (Å²) in [6, 6.07) is 18.1. The normalized spacial score (nSPS) is 19.4. The van der Waals surface area contributed by atoms with E-state index in [1.54, 1.807) is 29.7 Å². The van der Waals surface area contributed by atoms with Gasteiger partial charge in [0.05, 0.1) is 6.42 Å². The Kier molecular flexibility index (Phi) is 9.65. The summed E-state index contributed by atoms with van der Waals surface area (Å²) in [5.74, 6) is -1.89. The van der Waals surface area contributed by atoms with Crippen molar-refractivity contribution in [3.05, 3.63) is 71.3 Å². The number of benzene rings is 2. The van der Waals surface area contributed by atoms with Gasteiger partial charge in [-0.25, -0.2) is 10.3 Å². The number of hydrogen-bond acceptors (Lipinski definition) is 5. The Morgan fingerprint density at radius 3 is 2.11 bits per heavy atom. The van der Waals surface area contributed by atoms with Crippen molar-refractivity contribution in [3.63, 3.8) is 0 Å². The number of piperidine rings is 1. The maximum Gasteiger partial charge on any atom is 0.490 e. The van der Waals surface area contributed by atoms with E-state index < -0.39 is 18.1 Å². The number of alkyl halides is 3. The molecule has 2 aromatic rings. The highest BCUT2D eigenvalue weighted by Gasteiger charge is 2.39. The van der Waals surface area contributed by atoms with Gasteiger partial charge in [-0.3, -0.25) is 14.8 Å². The van der Waals surface area contributed by atoms with Crippen LogP contribution in [0.15, 0.2) is 54.6 Å². The molecule has 1 aliphatic heterocycles. The number of carboxylic acid groups (broad SMARTS) is 1. The highest BCUT2D eigenvalue weighted by molar-refractivity contribution is 5.93. The van der Waals surface area contributed by atoms with Gasteiger partial charge in [0, 0.05) is 30.6 Å². The Bertz CT molecular complexity index is 1060. The average molecular weight is 522 g/mol. The van der Waals surface area contributed by atoms with Gasteiger partial charge >= 0.3 is 12.1 Å². The first-order valence-electron chi connectivity index (χ1n) is 12.0. The predicted molar refractivity (Wildman–Crippen MR) is 128 cm³/mol. The van der Waals surface area contributed by atoms with Crippen LogP contribution in [0.3, 0.4) is 0 Å². The van der Waals surface area contributed by atoms with Crippen LogP contribution in [0.25, 0.3) is 0 Å². The van der Waals surface area contributed by atoms with Crippen molar-refractivity contribution in [3.8, 4) is 0 Å². The SMILES string of the molecule is O=C(NO)c1ccc(CC(=O)N2CCC(CN[C@@H]3C[C@H]3c3ccccc3)CC2)cc1.O=C(O)C(F)(F)F. The lowest BCUT2D eigenvalue weighted by atomic mass is 9.96. The van der Waals surface area contributed by atoms with Crippen LogP contribution >= 0.6 is 0 Å². The molecule has 1 saturated carbocycles. The van der Waals surface area contributed by atoms with E-state index in [1.807, 2.05) is 4.90 Å². The summed E-state index contributed by atoms with van der Waals surface area (Å²) >= 11 is 0. The van der Waals surface area contributed by atoms with Crippen molar-refractivity contribution in [2.75, 3.05) is 19.6 Å². The third kappa shape index (κ3) is 8.57. The molecule has 1 heterocycles. The van der Waals surface area contributed by atoms with Crippen molar-refractivity contribution in [2.45, 2.75) is 43.8 Å². The van der Waals surface area contributed by atoms with E-state index >= 15 is 0 Å². The Labute approximate surface area is 212 Å². The van der Waals surface area contributed by atoms with Gasteiger partial charge in [0.2, 0.25) is 5.91 Å². The molecule has 0 spiro atoms. The molecule has 2 amide bonds. The molecule has 1 aliphatic carbocycles. The molecule has 4 N–H and O–H groups in total. The lowest BCUT2D eigenvalue weighted by Gasteiger charge is -2.32. The fraction of sp³-hybridized carbons (Fsp3) is 0.423. The van der Waals surface area contributed by atoms with Crippen molar-refractivity contribution >= 4 is 17.8 Å². The Balaban J connectivity index is 0.000000479. The van der Waals surface area contributed by atoms with Gasteiger partial charge < -0.3 is 15.3 Å². The van der Waals surface area contributed by atoms with E-state index in [9.17, 15) is 22.8 Å². The largest absolute Gasteiger partial charge is 0.490 e. The highest BCUT2D eigenvalue weighted by Crippen LogP contribution is 2.40. The smallest absolute Gasteiger partial charge is 0.475 e. The van der Waals surface area contributed by atoms with Crippen LogP contribution in [0.5, 0.6) is 0 Å². The summed E-state index contributed by atoms with van der Waals surface area (Å²) in [5, 5.41) is 19.5. The summed E-state index contributed by atoms with van der Waals surface area (Å²) in [5.41, 5.74) is 4.28. The zero-order chi connectivity index (χ0) is 27.0. The molecule has 0 unspecified atom stereocenters. The first-order valence-corrected chi connectivity index (χ1v) is 12.0. The Morgan fingerprint density at radius 2 is 1.57 bits per heavy atom. The van der Waals surface area contributed by atoms with Crippen LogP contribution in [0.2, 0.25) is 0 Å². The summed E-state index contributed by atoms with van der Waals surface area (Å²) < 4.78 is 31.7. The molecule has 2 fully saturated rings. The lowest BCUT2D eigenvalue weighted by molar-refractivity contribution is -0.192. The minimum absolute atomic E-state index is 0.132. The van der Waals surface area contributed by atoms with Crippen molar-refractivity contribution in [1.29, 1.82) is 0 Å². The quantitative estimate of drug-likeness (QED) is 0.328. The Hall–Kier alpha value is -3.44. The molecule has 37 heavy (non-hydrogen) atoms. The molecular formula is C26H30F3N3O5. The fourth-order valence-corrected chi connectivity index (χ4v) is 4.32. The minimum atomic E-state index is -5.08. The number of aliphatic carboxylic acids is 1. The van der Waals surface area contributed by atoms with E-state index in [2.05, 4.69) is 35.6 Å². The fourth-order valence-electron chi connectivity index (χ4n) is 4.32. The molecule has 1 saturated heterocycles. The maximum atomic E-state index is 12.6. The molecular weight excluding hydrogens is 491 g/mol. The zero-order valence-corrected chi connectivity index (χ0v) is 20.1. The molecule has 2 aromatic carbocycles. The van der Waals surface area contributed by atoms with Crippen LogP contribution in [0, 0.1) is 5.92 Å². The number of nitrogens with zero attached hydrogens (tertiary/aromatic N) is 1. The first kappa shape index (κ1) is 28.1. The first-order chi connectivity index (χ1) is 17.6. The van der Waals surface area contributed by atoms with Gasteiger partial charge in [0.15, 0.2) is 0 Å².